The summed E-state index contributed by atoms with van der Waals surface area (Å²) in [6.07, 6.45) is 1.39. The molecule has 1 aliphatic rings. The van der Waals surface area contributed by atoms with Crippen molar-refractivity contribution in [1.82, 2.24) is 4.22 Å². The van der Waals surface area contributed by atoms with E-state index in [0.29, 0.717) is 5.46 Å². The Morgan fingerprint density at radius 2 is 1.61 bits per heavy atom. The Hall–Kier alpha value is -2.12. The average Bonchev–Trinajstić information content (AvgIpc) is 2.86. The van der Waals surface area contributed by atoms with Crippen LogP contribution < -0.4 is 5.46 Å². The van der Waals surface area contributed by atoms with Crippen molar-refractivity contribution in [3.05, 3.63) is 66.2 Å². The van der Waals surface area contributed by atoms with Crippen molar-refractivity contribution in [2.45, 2.75) is 12.5 Å². The SMILES string of the molecule is CS(=O)(=O)N1B(c2ccccc2)OC(=O)[C@@H]1Cc1ccccc1. The molecular formula is C16H16BNO4S. The van der Waals surface area contributed by atoms with Crippen molar-refractivity contribution in [3.63, 3.8) is 0 Å². The first-order valence-corrected chi connectivity index (χ1v) is 9.09. The molecule has 3 rings (SSSR count). The van der Waals surface area contributed by atoms with Crippen molar-refractivity contribution in [3.8, 4) is 0 Å². The van der Waals surface area contributed by atoms with Gasteiger partial charge in [-0.05, 0) is 17.4 Å². The van der Waals surface area contributed by atoms with Crippen molar-refractivity contribution in [1.29, 1.82) is 0 Å². The predicted molar refractivity (Wildman–Crippen MR) is 88.5 cm³/mol. The fourth-order valence-electron chi connectivity index (χ4n) is 2.76. The lowest BCUT2D eigenvalue weighted by atomic mass is 9.74. The fraction of sp³-hybridized carbons (Fsp3) is 0.188. The van der Waals surface area contributed by atoms with E-state index in [1.54, 1.807) is 24.3 Å². The monoisotopic (exact) mass is 329 g/mol. The Morgan fingerprint density at radius 1 is 1.04 bits per heavy atom. The van der Waals surface area contributed by atoms with Crippen molar-refractivity contribution >= 4 is 28.5 Å². The summed E-state index contributed by atoms with van der Waals surface area (Å²) in [6, 6.07) is 17.4. The average molecular weight is 329 g/mol. The lowest BCUT2D eigenvalue weighted by molar-refractivity contribution is -0.134. The first-order valence-electron chi connectivity index (χ1n) is 7.25. The number of hydrogen-bond donors (Lipinski definition) is 0. The van der Waals surface area contributed by atoms with Gasteiger partial charge in [-0.2, -0.15) is 4.22 Å². The summed E-state index contributed by atoms with van der Waals surface area (Å²) in [5.74, 6) is -0.520. The van der Waals surface area contributed by atoms with Gasteiger partial charge in [0.1, 0.15) is 6.04 Å². The van der Waals surface area contributed by atoms with Crippen LogP contribution in [0.1, 0.15) is 5.56 Å². The molecule has 0 spiro atoms. The summed E-state index contributed by atoms with van der Waals surface area (Å²) in [6.45, 7) is 0. The number of hydrogen-bond acceptors (Lipinski definition) is 4. The zero-order valence-corrected chi connectivity index (χ0v) is 13.4. The molecule has 5 nitrogen and oxygen atoms in total. The zero-order chi connectivity index (χ0) is 16.4. The van der Waals surface area contributed by atoms with Gasteiger partial charge in [0.15, 0.2) is 0 Å². The second-order valence-corrected chi connectivity index (χ2v) is 7.39. The van der Waals surface area contributed by atoms with E-state index in [4.69, 9.17) is 4.65 Å². The van der Waals surface area contributed by atoms with E-state index >= 15 is 0 Å². The van der Waals surface area contributed by atoms with Gasteiger partial charge in [-0.3, -0.25) is 4.79 Å². The number of carbonyl (C=O) groups excluding carboxylic acids is 1. The fourth-order valence-corrected chi connectivity index (χ4v) is 3.89. The molecule has 1 aliphatic heterocycles. The molecule has 0 N–H and O–H groups in total. The highest BCUT2D eigenvalue weighted by molar-refractivity contribution is 7.89. The molecule has 1 fully saturated rings. The standard InChI is InChI=1S/C16H16BNO4S/c1-23(20,21)18-15(12-13-8-4-2-5-9-13)16(19)22-17(18)14-10-6-3-7-11-14/h2-11,15H,12H2,1H3/t15-/m0/s1. The van der Waals surface area contributed by atoms with E-state index in [2.05, 4.69) is 0 Å². The first kappa shape index (κ1) is 15.8. The third-order valence-corrected chi connectivity index (χ3v) is 4.99. The van der Waals surface area contributed by atoms with E-state index in [1.807, 2.05) is 36.4 Å². The molecule has 0 amide bonds. The van der Waals surface area contributed by atoms with Crippen LogP contribution >= 0.6 is 0 Å². The minimum atomic E-state index is -3.61. The third kappa shape index (κ3) is 3.30. The second kappa shape index (κ2) is 6.18. The molecular weight excluding hydrogens is 313 g/mol. The van der Waals surface area contributed by atoms with Gasteiger partial charge in [-0.15, -0.1) is 0 Å². The van der Waals surface area contributed by atoms with E-state index in [-0.39, 0.29) is 6.42 Å². The molecule has 0 saturated carbocycles. The quantitative estimate of drug-likeness (QED) is 0.779. The maximum absolute atomic E-state index is 12.3. The normalized spacial score (nSPS) is 18.9. The second-order valence-electron chi connectivity index (χ2n) is 5.50. The number of benzene rings is 2. The number of carbonyl (C=O) groups is 1. The maximum atomic E-state index is 12.3. The van der Waals surface area contributed by atoms with Crippen LogP contribution in [-0.2, 0) is 25.9 Å². The van der Waals surface area contributed by atoms with Gasteiger partial charge in [0.05, 0.1) is 6.26 Å². The van der Waals surface area contributed by atoms with Gasteiger partial charge in [-0.25, -0.2) is 8.42 Å². The molecule has 23 heavy (non-hydrogen) atoms. The van der Waals surface area contributed by atoms with Crippen molar-refractivity contribution in [2.24, 2.45) is 0 Å². The molecule has 0 unspecified atom stereocenters. The highest BCUT2D eigenvalue weighted by Gasteiger charge is 2.51. The van der Waals surface area contributed by atoms with Crippen LogP contribution in [0.25, 0.3) is 0 Å². The van der Waals surface area contributed by atoms with Gasteiger partial charge >= 0.3 is 13.0 Å². The Bertz CT molecular complexity index is 795. The van der Waals surface area contributed by atoms with E-state index < -0.39 is 29.1 Å². The summed E-state index contributed by atoms with van der Waals surface area (Å²) in [7, 11) is -4.52. The van der Waals surface area contributed by atoms with E-state index in [1.165, 1.54) is 0 Å². The summed E-state index contributed by atoms with van der Waals surface area (Å²) in [4.78, 5) is 12.3. The van der Waals surface area contributed by atoms with Gasteiger partial charge in [0, 0.05) is 0 Å². The Morgan fingerprint density at radius 3 is 2.17 bits per heavy atom. The van der Waals surface area contributed by atoms with Crippen LogP contribution in [-0.4, -0.2) is 38.0 Å². The largest absolute Gasteiger partial charge is 0.514 e. The topological polar surface area (TPSA) is 63.7 Å². The molecule has 1 heterocycles. The third-order valence-electron chi connectivity index (χ3n) is 3.78. The van der Waals surface area contributed by atoms with Crippen molar-refractivity contribution < 1.29 is 17.9 Å². The van der Waals surface area contributed by atoms with Crippen LogP contribution in [0.15, 0.2) is 60.7 Å². The number of rotatable bonds is 4. The molecule has 118 valence electrons. The summed E-state index contributed by atoms with van der Waals surface area (Å²) < 4.78 is 31.1. The number of nitrogens with zero attached hydrogens (tertiary/aromatic N) is 1. The van der Waals surface area contributed by atoms with E-state index in [0.717, 1.165) is 16.0 Å². The van der Waals surface area contributed by atoms with Crippen molar-refractivity contribution in [2.75, 3.05) is 6.26 Å². The summed E-state index contributed by atoms with van der Waals surface area (Å²) in [5.41, 5.74) is 1.53. The lowest BCUT2D eigenvalue weighted by Gasteiger charge is -2.21. The molecule has 1 atom stereocenters. The van der Waals surface area contributed by atoms with E-state index in [9.17, 15) is 13.2 Å². The molecule has 0 aliphatic carbocycles. The first-order chi connectivity index (χ1) is 11.0. The number of sulfonamides is 1. The minimum absolute atomic E-state index is 0.288. The maximum Gasteiger partial charge on any atom is 0.502 e. The molecule has 2 aromatic carbocycles. The molecule has 0 bridgehead atoms. The van der Waals surface area contributed by atoms with Crippen LogP contribution in [0, 0.1) is 0 Å². The van der Waals surface area contributed by atoms with Gasteiger partial charge in [-0.1, -0.05) is 60.7 Å². The Labute approximate surface area is 136 Å². The minimum Gasteiger partial charge on any atom is -0.514 e. The Kier molecular flexibility index (Phi) is 4.23. The molecule has 7 heteroatoms. The van der Waals surface area contributed by atoms with Crippen LogP contribution in [0.4, 0.5) is 0 Å². The predicted octanol–water partition coefficient (Wildman–Crippen LogP) is 0.811. The highest BCUT2D eigenvalue weighted by atomic mass is 32.2. The van der Waals surface area contributed by atoms with Crippen LogP contribution in [0.2, 0.25) is 0 Å². The van der Waals surface area contributed by atoms with Gasteiger partial charge in [0.2, 0.25) is 10.0 Å². The van der Waals surface area contributed by atoms with Gasteiger partial charge < -0.3 is 4.65 Å². The lowest BCUT2D eigenvalue weighted by Crippen LogP contribution is -2.51. The summed E-state index contributed by atoms with van der Waals surface area (Å²) >= 11 is 0. The molecule has 0 aromatic heterocycles. The van der Waals surface area contributed by atoms with Crippen LogP contribution in [0.3, 0.4) is 0 Å². The molecule has 2 aromatic rings. The zero-order valence-electron chi connectivity index (χ0n) is 12.6. The van der Waals surface area contributed by atoms with Gasteiger partial charge in [0.25, 0.3) is 0 Å². The molecule has 1 saturated heterocycles. The van der Waals surface area contributed by atoms with Crippen LogP contribution in [0.5, 0.6) is 0 Å². The highest BCUT2D eigenvalue weighted by Crippen LogP contribution is 2.22. The molecule has 0 radical (unpaired) electrons. The smallest absolute Gasteiger partial charge is 0.502 e. The Balaban J connectivity index is 1.97. The summed E-state index contributed by atoms with van der Waals surface area (Å²) in [5, 5.41) is 0.